The molecule has 2 aromatic carbocycles. The number of amides is 1. The van der Waals surface area contributed by atoms with E-state index < -0.39 is 0 Å². The molecule has 1 unspecified atom stereocenters. The van der Waals surface area contributed by atoms with Gasteiger partial charge < -0.3 is 14.4 Å². The highest BCUT2D eigenvalue weighted by atomic mass is 32.1. The number of methoxy groups -OCH3 is 2. The van der Waals surface area contributed by atoms with Crippen molar-refractivity contribution in [3.05, 3.63) is 59.6 Å². The van der Waals surface area contributed by atoms with Gasteiger partial charge in [-0.2, -0.15) is 0 Å². The fourth-order valence-electron chi connectivity index (χ4n) is 3.43. The highest BCUT2D eigenvalue weighted by Crippen LogP contribution is 2.38. The van der Waals surface area contributed by atoms with E-state index in [2.05, 4.69) is 11.9 Å². The van der Waals surface area contributed by atoms with Crippen molar-refractivity contribution in [2.45, 2.75) is 25.8 Å². The number of hydrogen-bond donors (Lipinski definition) is 0. The number of benzene rings is 2. The third-order valence-corrected chi connectivity index (χ3v) is 6.23. The third kappa shape index (κ3) is 4.12. The van der Waals surface area contributed by atoms with Gasteiger partial charge in [0, 0.05) is 22.7 Å². The molecule has 1 amide bonds. The summed E-state index contributed by atoms with van der Waals surface area (Å²) in [5.74, 6) is 2.05. The highest BCUT2D eigenvalue weighted by Gasteiger charge is 2.36. The largest absolute Gasteiger partial charge is 0.497 e. The number of thiazole rings is 1. The Morgan fingerprint density at radius 1 is 1.03 bits per heavy atom. The SMILES string of the molecule is COc1ccc(-c2nc(C(=O)N(c3ccc(OC)cc3)C(C)C3CC3)cs2)cc1. The Balaban J connectivity index is 1.62. The molecule has 1 aliphatic rings. The number of hydrogen-bond acceptors (Lipinski definition) is 5. The van der Waals surface area contributed by atoms with Crippen LogP contribution in [0.2, 0.25) is 0 Å². The maximum Gasteiger partial charge on any atom is 0.278 e. The van der Waals surface area contributed by atoms with Crippen molar-refractivity contribution in [2.75, 3.05) is 19.1 Å². The molecule has 1 aromatic heterocycles. The van der Waals surface area contributed by atoms with E-state index >= 15 is 0 Å². The van der Waals surface area contributed by atoms with Gasteiger partial charge in [0.2, 0.25) is 0 Å². The lowest BCUT2D eigenvalue weighted by Crippen LogP contribution is -2.40. The van der Waals surface area contributed by atoms with Gasteiger partial charge in [0.1, 0.15) is 22.2 Å². The summed E-state index contributed by atoms with van der Waals surface area (Å²) in [5.41, 5.74) is 2.32. The average molecular weight is 409 g/mol. The maximum atomic E-state index is 13.4. The molecule has 1 atom stereocenters. The molecule has 1 saturated carbocycles. The molecule has 0 N–H and O–H groups in total. The van der Waals surface area contributed by atoms with E-state index in [4.69, 9.17) is 9.47 Å². The number of anilines is 1. The smallest absolute Gasteiger partial charge is 0.278 e. The van der Waals surface area contributed by atoms with E-state index in [1.54, 1.807) is 14.2 Å². The van der Waals surface area contributed by atoms with Crippen LogP contribution in [0.25, 0.3) is 10.6 Å². The molecule has 4 rings (SSSR count). The molecule has 0 aliphatic heterocycles. The van der Waals surface area contributed by atoms with E-state index in [1.165, 1.54) is 11.3 Å². The zero-order valence-corrected chi connectivity index (χ0v) is 17.6. The number of nitrogens with zero attached hydrogens (tertiary/aromatic N) is 2. The minimum absolute atomic E-state index is 0.0643. The number of carbonyl (C=O) groups excluding carboxylic acids is 1. The van der Waals surface area contributed by atoms with Crippen LogP contribution >= 0.6 is 11.3 Å². The van der Waals surface area contributed by atoms with E-state index in [9.17, 15) is 4.79 Å². The van der Waals surface area contributed by atoms with Crippen LogP contribution in [0.15, 0.2) is 53.9 Å². The Morgan fingerprint density at radius 3 is 2.17 bits per heavy atom. The van der Waals surface area contributed by atoms with Crippen molar-refractivity contribution in [1.29, 1.82) is 0 Å². The number of aromatic nitrogens is 1. The van der Waals surface area contributed by atoms with Crippen LogP contribution in [0, 0.1) is 5.92 Å². The van der Waals surface area contributed by atoms with Gasteiger partial charge in [-0.25, -0.2) is 4.98 Å². The van der Waals surface area contributed by atoms with Gasteiger partial charge in [0.15, 0.2) is 0 Å². The van der Waals surface area contributed by atoms with Gasteiger partial charge in [-0.05, 0) is 74.2 Å². The first-order valence-electron chi connectivity index (χ1n) is 9.68. The first-order chi connectivity index (χ1) is 14.1. The second-order valence-electron chi connectivity index (χ2n) is 7.22. The van der Waals surface area contributed by atoms with Crippen LogP contribution in [-0.2, 0) is 0 Å². The molecular formula is C23H24N2O3S. The van der Waals surface area contributed by atoms with Crippen LogP contribution in [0.1, 0.15) is 30.3 Å². The molecule has 150 valence electrons. The van der Waals surface area contributed by atoms with Gasteiger partial charge in [0.25, 0.3) is 5.91 Å². The maximum absolute atomic E-state index is 13.4. The van der Waals surface area contributed by atoms with Crippen LogP contribution in [-0.4, -0.2) is 31.2 Å². The second kappa shape index (κ2) is 8.25. The van der Waals surface area contributed by atoms with Crippen LogP contribution in [0.5, 0.6) is 11.5 Å². The fourth-order valence-corrected chi connectivity index (χ4v) is 4.23. The number of carbonyl (C=O) groups is 1. The van der Waals surface area contributed by atoms with Crippen LogP contribution < -0.4 is 14.4 Å². The van der Waals surface area contributed by atoms with Gasteiger partial charge in [-0.1, -0.05) is 0 Å². The van der Waals surface area contributed by atoms with E-state index in [0.717, 1.165) is 40.6 Å². The summed E-state index contributed by atoms with van der Waals surface area (Å²) in [4.78, 5) is 20.0. The second-order valence-corrected chi connectivity index (χ2v) is 8.08. The zero-order valence-electron chi connectivity index (χ0n) is 16.8. The fraction of sp³-hybridized carbons (Fsp3) is 0.304. The monoisotopic (exact) mass is 408 g/mol. The predicted octanol–water partition coefficient (Wildman–Crippen LogP) is 5.27. The van der Waals surface area contributed by atoms with E-state index in [-0.39, 0.29) is 11.9 Å². The lowest BCUT2D eigenvalue weighted by Gasteiger charge is -2.29. The topological polar surface area (TPSA) is 51.7 Å². The van der Waals surface area contributed by atoms with Gasteiger partial charge >= 0.3 is 0 Å². The summed E-state index contributed by atoms with van der Waals surface area (Å²) >= 11 is 1.48. The van der Waals surface area contributed by atoms with Gasteiger partial charge in [-0.3, -0.25) is 4.79 Å². The van der Waals surface area contributed by atoms with E-state index in [1.807, 2.05) is 58.8 Å². The summed E-state index contributed by atoms with van der Waals surface area (Å²) in [5, 5.41) is 2.67. The Kier molecular flexibility index (Phi) is 5.53. The Bertz CT molecular complexity index is 978. The number of rotatable bonds is 7. The molecule has 3 aromatic rings. The van der Waals surface area contributed by atoms with Crippen molar-refractivity contribution < 1.29 is 14.3 Å². The highest BCUT2D eigenvalue weighted by molar-refractivity contribution is 7.13. The lowest BCUT2D eigenvalue weighted by molar-refractivity contribution is 0.0971. The Labute approximate surface area is 174 Å². The third-order valence-electron chi connectivity index (χ3n) is 5.34. The molecule has 1 fully saturated rings. The summed E-state index contributed by atoms with van der Waals surface area (Å²) in [6.45, 7) is 2.12. The first-order valence-corrected chi connectivity index (χ1v) is 10.6. The van der Waals surface area contributed by atoms with Gasteiger partial charge in [0.05, 0.1) is 14.2 Å². The summed E-state index contributed by atoms with van der Waals surface area (Å²) < 4.78 is 10.5. The molecule has 29 heavy (non-hydrogen) atoms. The molecule has 0 bridgehead atoms. The quantitative estimate of drug-likeness (QED) is 0.534. The summed E-state index contributed by atoms with van der Waals surface area (Å²) in [6.07, 6.45) is 2.32. The molecule has 0 spiro atoms. The summed E-state index contributed by atoms with van der Waals surface area (Å²) in [7, 11) is 3.28. The number of ether oxygens (including phenoxy) is 2. The first kappa shape index (κ1) is 19.5. The Morgan fingerprint density at radius 2 is 1.62 bits per heavy atom. The minimum Gasteiger partial charge on any atom is -0.497 e. The standard InChI is InChI=1S/C23H24N2O3S/c1-15(16-4-5-16)25(18-8-12-20(28-3)13-9-18)23(26)21-14-29-22(24-21)17-6-10-19(27-2)11-7-17/h6-16H,4-5H2,1-3H3. The van der Waals surface area contributed by atoms with Crippen molar-refractivity contribution in [3.63, 3.8) is 0 Å². The van der Waals surface area contributed by atoms with Crippen molar-refractivity contribution in [2.24, 2.45) is 5.92 Å². The lowest BCUT2D eigenvalue weighted by atomic mass is 10.1. The van der Waals surface area contributed by atoms with Crippen molar-refractivity contribution in [1.82, 2.24) is 4.98 Å². The average Bonchev–Trinajstić information content (AvgIpc) is 3.51. The van der Waals surface area contributed by atoms with Gasteiger partial charge in [-0.15, -0.1) is 11.3 Å². The van der Waals surface area contributed by atoms with Crippen molar-refractivity contribution in [3.8, 4) is 22.1 Å². The molecule has 0 saturated heterocycles. The van der Waals surface area contributed by atoms with Crippen LogP contribution in [0.4, 0.5) is 5.69 Å². The molecular weight excluding hydrogens is 384 g/mol. The molecule has 6 heteroatoms. The van der Waals surface area contributed by atoms with E-state index in [0.29, 0.717) is 11.6 Å². The molecule has 0 radical (unpaired) electrons. The predicted molar refractivity (Wildman–Crippen MR) is 116 cm³/mol. The minimum atomic E-state index is -0.0643. The normalized spacial score (nSPS) is 14.3. The van der Waals surface area contributed by atoms with Crippen LogP contribution in [0.3, 0.4) is 0 Å². The molecule has 1 aliphatic carbocycles. The summed E-state index contributed by atoms with van der Waals surface area (Å²) in [6, 6.07) is 15.5. The Hall–Kier alpha value is -2.86. The van der Waals surface area contributed by atoms with Crippen molar-refractivity contribution >= 4 is 22.9 Å². The zero-order chi connectivity index (χ0) is 20.4. The molecule has 1 heterocycles. The molecule has 5 nitrogen and oxygen atoms in total.